The molecular weight excluding hydrogens is 1630 g/mol. The monoisotopic (exact) mass is 1870 g/mol. The summed E-state index contributed by atoms with van der Waals surface area (Å²) in [6.07, 6.45) is 109. The van der Waals surface area contributed by atoms with Crippen LogP contribution in [0.2, 0.25) is 0 Å². The Morgan fingerprint density at radius 1 is 0.205 bits per heavy atom. The highest BCUT2D eigenvalue weighted by Gasteiger charge is 2.18. The Hall–Kier alpha value is -1.95. The maximum Gasteiger partial charge on any atom is 0.221 e. The summed E-state index contributed by atoms with van der Waals surface area (Å²) in [7, 11) is 0. The maximum atomic E-state index is 12.9. The summed E-state index contributed by atoms with van der Waals surface area (Å²) in [5, 5.41) is 45.7. The molecule has 0 saturated heterocycles. The highest BCUT2D eigenvalue weighted by molar-refractivity contribution is 5.76. The summed E-state index contributed by atoms with van der Waals surface area (Å²) >= 11 is 0. The van der Waals surface area contributed by atoms with Crippen molar-refractivity contribution in [1.29, 1.82) is 0 Å². The average Bonchev–Trinajstić information content (AvgIpc) is 0.944. The quantitative estimate of drug-likeness (QED) is 0.0269. The number of nitrogens with zero attached hydrogens (tertiary/aromatic N) is 4. The zero-order chi connectivity index (χ0) is 96.1. The van der Waals surface area contributed by atoms with Gasteiger partial charge in [-0.15, -0.1) is 0 Å². The van der Waals surface area contributed by atoms with Crippen LogP contribution < -0.4 is 27.0 Å². The van der Waals surface area contributed by atoms with Crippen LogP contribution in [0.3, 0.4) is 0 Å². The van der Waals surface area contributed by atoms with Crippen LogP contribution >= 0.6 is 0 Å². The van der Waals surface area contributed by atoms with E-state index in [1.165, 1.54) is 469 Å². The normalized spacial score (nSPS) is 12.5. The largest absolute Gasteiger partial charge is 0.392 e. The van der Waals surface area contributed by atoms with Gasteiger partial charge >= 0.3 is 0 Å². The second-order valence-electron chi connectivity index (χ2n) is 41.7. The molecule has 0 aliphatic carbocycles. The first-order valence-corrected chi connectivity index (χ1v) is 60.1. The van der Waals surface area contributed by atoms with Gasteiger partial charge in [-0.25, -0.2) is 0 Å². The SMILES string of the molecule is CCCCCCCCCCCCCCN(CCCCN(CCCCCCCCCCCCCC)CC(O)CNCCC(=O)NCCCCCCCCCC)CC(O)CCCCC(=O)NCCCCCCCCCC.CCCCCCCCCCCCCCNC(=O)CCN(CCCCCCCCCCCCCC)CCCCN(CCCCCCCCCCCCCC)CC(O)CN. The smallest absolute Gasteiger partial charge is 0.221 e. The first-order valence-electron chi connectivity index (χ1n) is 60.1. The third kappa shape index (κ3) is 108. The number of hydrogen-bond donors (Lipinski definition) is 8. The van der Waals surface area contributed by atoms with Crippen LogP contribution in [0.5, 0.6) is 0 Å². The zero-order valence-electron chi connectivity index (χ0n) is 90.7. The molecule has 15 heteroatoms. The van der Waals surface area contributed by atoms with E-state index in [1.54, 1.807) is 0 Å². The highest BCUT2D eigenvalue weighted by atomic mass is 16.3. The first-order chi connectivity index (χ1) is 64.9. The summed E-state index contributed by atoms with van der Waals surface area (Å²) in [6.45, 7) is 31.1. The molecule has 0 saturated carbocycles. The molecule has 0 aromatic carbocycles. The van der Waals surface area contributed by atoms with E-state index in [2.05, 4.69) is 89.3 Å². The number of unbranched alkanes of at least 4 members (excludes halogenated alkanes) is 72. The molecule has 0 aromatic rings. The Kier molecular flexibility index (Phi) is 114. The fourth-order valence-corrected chi connectivity index (χ4v) is 19.2. The lowest BCUT2D eigenvalue weighted by atomic mass is 10.0. The molecule has 15 nitrogen and oxygen atoms in total. The predicted octanol–water partition coefficient (Wildman–Crippen LogP) is 30.8. The van der Waals surface area contributed by atoms with Crippen molar-refractivity contribution in [2.75, 3.05) is 118 Å². The lowest BCUT2D eigenvalue weighted by Gasteiger charge is -2.27. The molecule has 0 spiro atoms. The van der Waals surface area contributed by atoms with Crippen molar-refractivity contribution in [2.24, 2.45) is 5.73 Å². The number of carbonyl (C=O) groups is 3. The molecule has 3 unspecified atom stereocenters. The van der Waals surface area contributed by atoms with Crippen molar-refractivity contribution in [2.45, 2.75) is 619 Å². The first kappa shape index (κ1) is 132. The van der Waals surface area contributed by atoms with Crippen molar-refractivity contribution in [3.63, 3.8) is 0 Å². The van der Waals surface area contributed by atoms with Crippen LogP contribution in [0.4, 0.5) is 0 Å². The van der Waals surface area contributed by atoms with Crippen LogP contribution in [0, 0.1) is 0 Å². The molecule has 0 aromatic heterocycles. The molecule has 132 heavy (non-hydrogen) atoms. The molecule has 0 heterocycles. The lowest BCUT2D eigenvalue weighted by Crippen LogP contribution is -2.40. The summed E-state index contributed by atoms with van der Waals surface area (Å²) in [4.78, 5) is 47.9. The third-order valence-corrected chi connectivity index (χ3v) is 28.2. The number of amides is 3. The molecule has 3 amide bonds. The Labute approximate surface area is 826 Å². The van der Waals surface area contributed by atoms with E-state index >= 15 is 0 Å². The van der Waals surface area contributed by atoms with Gasteiger partial charge in [0.05, 0.1) is 18.3 Å². The van der Waals surface area contributed by atoms with E-state index in [-0.39, 0.29) is 23.8 Å². The van der Waals surface area contributed by atoms with Crippen LogP contribution in [-0.2, 0) is 14.4 Å². The van der Waals surface area contributed by atoms with E-state index in [0.717, 1.165) is 143 Å². The number of nitrogens with two attached hydrogens (primary N) is 1. The van der Waals surface area contributed by atoms with Crippen molar-refractivity contribution in [1.82, 2.24) is 40.9 Å². The lowest BCUT2D eigenvalue weighted by molar-refractivity contribution is -0.122. The van der Waals surface area contributed by atoms with Gasteiger partial charge in [0.15, 0.2) is 0 Å². The summed E-state index contributed by atoms with van der Waals surface area (Å²) in [5.41, 5.74) is 5.83. The topological polar surface area (TPSA) is 199 Å². The third-order valence-electron chi connectivity index (χ3n) is 28.2. The minimum atomic E-state index is -0.467. The minimum Gasteiger partial charge on any atom is -0.392 e. The van der Waals surface area contributed by atoms with Gasteiger partial charge in [-0.2, -0.15) is 0 Å². The van der Waals surface area contributed by atoms with E-state index in [4.69, 9.17) is 5.73 Å². The molecule has 0 radical (unpaired) electrons. The van der Waals surface area contributed by atoms with Gasteiger partial charge in [0, 0.05) is 84.7 Å². The summed E-state index contributed by atoms with van der Waals surface area (Å²) in [5.74, 6) is 0.497. The zero-order valence-corrected chi connectivity index (χ0v) is 90.7. The maximum absolute atomic E-state index is 12.9. The number of nitrogens with one attached hydrogen (secondary N) is 4. The van der Waals surface area contributed by atoms with Gasteiger partial charge in [0.2, 0.25) is 17.7 Å². The predicted molar refractivity (Wildman–Crippen MR) is 582 cm³/mol. The molecule has 0 rings (SSSR count). The average molecular weight is 1870 g/mol. The fourth-order valence-electron chi connectivity index (χ4n) is 19.2. The summed E-state index contributed by atoms with van der Waals surface area (Å²) in [6, 6.07) is 0. The molecule has 9 N–H and O–H groups in total. The molecule has 0 aliphatic heterocycles. The Bertz CT molecular complexity index is 2100. The molecule has 3 atom stereocenters. The second kappa shape index (κ2) is 114. The van der Waals surface area contributed by atoms with E-state index < -0.39 is 12.2 Å². The Morgan fingerprint density at radius 3 is 0.652 bits per heavy atom. The van der Waals surface area contributed by atoms with Crippen LogP contribution in [0.15, 0.2) is 0 Å². The Morgan fingerprint density at radius 2 is 0.402 bits per heavy atom. The van der Waals surface area contributed by atoms with Crippen molar-refractivity contribution >= 4 is 17.7 Å². The minimum absolute atomic E-state index is 0.104. The van der Waals surface area contributed by atoms with Crippen LogP contribution in [0.25, 0.3) is 0 Å². The molecule has 0 fully saturated rings. The standard InChI is InChI=1S/C65H133N5O4.C52H108N4O2/c1-5-9-13-17-21-25-27-29-31-35-39-45-55-69(60-62(71)49-41-42-50-64(73)67-52-43-37-33-23-19-15-11-7-3)57-47-48-58-70(56-46-40-36-32-30-28-26-22-18-14-10-6-2)61-63(72)59-66-54-51-65(74)68-53-44-38-34-24-20-16-12-8-4;1-4-7-10-13-16-19-22-25-28-31-34-37-43-54-52(58)42-48-55(44-38-35-32-29-26-23-20-17-14-11-8-5-2)45-40-41-47-56(50-51(57)49-53)46-39-36-33-30-27-24-21-18-15-12-9-6-3/h62-63,66,71-72H,5-61H2,1-4H3,(H,67,73)(H,68,74);51,57H,4-50,53H2,1-3H3,(H,54,58). The van der Waals surface area contributed by atoms with E-state index in [1.807, 2.05) is 0 Å². The van der Waals surface area contributed by atoms with Gasteiger partial charge in [-0.1, -0.05) is 498 Å². The second-order valence-corrected chi connectivity index (χ2v) is 41.7. The Balaban J connectivity index is 0. The molecule has 0 aliphatic rings. The van der Waals surface area contributed by atoms with Gasteiger partial charge < -0.3 is 61.9 Å². The number of carbonyl (C=O) groups excluding carboxylic acids is 3. The summed E-state index contributed by atoms with van der Waals surface area (Å²) < 4.78 is 0. The van der Waals surface area contributed by atoms with Gasteiger partial charge in [0.25, 0.3) is 0 Å². The van der Waals surface area contributed by atoms with E-state index in [9.17, 15) is 29.7 Å². The van der Waals surface area contributed by atoms with Gasteiger partial charge in [-0.3, -0.25) is 14.4 Å². The van der Waals surface area contributed by atoms with Crippen LogP contribution in [0.1, 0.15) is 601 Å². The van der Waals surface area contributed by atoms with Crippen LogP contribution in [-0.4, -0.2) is 189 Å². The van der Waals surface area contributed by atoms with Crippen molar-refractivity contribution in [3.8, 4) is 0 Å². The number of aliphatic hydroxyl groups excluding tert-OH is 3. The van der Waals surface area contributed by atoms with Gasteiger partial charge in [0.1, 0.15) is 0 Å². The van der Waals surface area contributed by atoms with Crippen molar-refractivity contribution < 1.29 is 29.7 Å². The molecule has 790 valence electrons. The fraction of sp³-hybridized carbons (Fsp3) is 0.974. The highest BCUT2D eigenvalue weighted by Crippen LogP contribution is 2.21. The van der Waals surface area contributed by atoms with Crippen molar-refractivity contribution in [3.05, 3.63) is 0 Å². The molecule has 0 bridgehead atoms. The molecular formula is C117H241N9O6. The number of rotatable bonds is 113. The number of aliphatic hydroxyl groups is 3. The van der Waals surface area contributed by atoms with E-state index in [0.29, 0.717) is 58.5 Å². The van der Waals surface area contributed by atoms with Gasteiger partial charge in [-0.05, 0) is 136 Å². The number of hydrogen-bond acceptors (Lipinski definition) is 12.